The fourth-order valence-corrected chi connectivity index (χ4v) is 12.0. The van der Waals surface area contributed by atoms with Gasteiger partial charge in [0.1, 0.15) is 17.2 Å². The summed E-state index contributed by atoms with van der Waals surface area (Å²) >= 11 is 0. The molecule has 2 atom stereocenters. The van der Waals surface area contributed by atoms with Crippen LogP contribution < -0.4 is 16.0 Å². The highest BCUT2D eigenvalue weighted by Gasteiger charge is 2.38. The summed E-state index contributed by atoms with van der Waals surface area (Å²) in [6.45, 7) is 14.5. The second-order valence-electron chi connectivity index (χ2n) is 26.3. The van der Waals surface area contributed by atoms with Crippen molar-refractivity contribution in [3.8, 4) is 0 Å². The van der Waals surface area contributed by atoms with E-state index < -0.39 is 23.2 Å². The smallest absolute Gasteiger partial charge is 0.410 e. The van der Waals surface area contributed by atoms with Crippen LogP contribution in [0.5, 0.6) is 0 Å². The zero-order valence-electron chi connectivity index (χ0n) is 53.4. The molecular formula is C73H108N6O9. The minimum atomic E-state index is -0.774. The second kappa shape index (κ2) is 38.0. The normalized spacial score (nSPS) is 17.5. The molecule has 0 saturated carbocycles. The molecule has 4 aliphatic heterocycles. The third-order valence-electron chi connectivity index (χ3n) is 16.8. The summed E-state index contributed by atoms with van der Waals surface area (Å²) in [5.41, 5.74) is 4.36. The van der Waals surface area contributed by atoms with Crippen LogP contribution in [-0.4, -0.2) is 130 Å². The van der Waals surface area contributed by atoms with Crippen molar-refractivity contribution in [3.05, 3.63) is 144 Å². The summed E-state index contributed by atoms with van der Waals surface area (Å²) in [6, 6.07) is 42.2. The summed E-state index contributed by atoms with van der Waals surface area (Å²) in [5, 5.41) is 18.9. The molecule has 0 bridgehead atoms. The molecular weight excluding hydrogens is 1100 g/mol. The quantitative estimate of drug-likeness (QED) is 0.0590. The summed E-state index contributed by atoms with van der Waals surface area (Å²) in [5.74, 6) is -1.01. The van der Waals surface area contributed by atoms with Gasteiger partial charge in [0, 0.05) is 50.7 Å². The second-order valence-corrected chi connectivity index (χ2v) is 26.3. The van der Waals surface area contributed by atoms with Crippen LogP contribution in [0.1, 0.15) is 187 Å². The van der Waals surface area contributed by atoms with Gasteiger partial charge in [-0.05, 0) is 205 Å². The number of aliphatic carboxylic acids is 1. The van der Waals surface area contributed by atoms with Crippen molar-refractivity contribution in [1.82, 2.24) is 30.7 Å². The molecule has 2 unspecified atom stereocenters. The summed E-state index contributed by atoms with van der Waals surface area (Å²) in [7, 11) is 0. The molecule has 4 saturated heterocycles. The average Bonchev–Trinajstić information content (AvgIpc) is 1.97. The van der Waals surface area contributed by atoms with E-state index in [2.05, 4.69) is 125 Å². The largest absolute Gasteiger partial charge is 0.481 e. The minimum absolute atomic E-state index is 0. The van der Waals surface area contributed by atoms with E-state index in [9.17, 15) is 28.8 Å². The molecule has 0 aliphatic carbocycles. The zero-order chi connectivity index (χ0) is 62.4. The van der Waals surface area contributed by atoms with Gasteiger partial charge in [-0.2, -0.15) is 0 Å². The monoisotopic (exact) mass is 1210 g/mol. The van der Waals surface area contributed by atoms with E-state index in [-0.39, 0.29) is 67.3 Å². The Labute approximate surface area is 527 Å². The van der Waals surface area contributed by atoms with Crippen LogP contribution in [0.4, 0.5) is 9.59 Å². The first-order chi connectivity index (χ1) is 41.8. The molecule has 4 aromatic rings. The van der Waals surface area contributed by atoms with E-state index in [0.717, 1.165) is 109 Å². The minimum Gasteiger partial charge on any atom is -0.481 e. The van der Waals surface area contributed by atoms with Crippen molar-refractivity contribution >= 4 is 35.9 Å². The molecule has 15 nitrogen and oxygen atoms in total. The van der Waals surface area contributed by atoms with Crippen LogP contribution in [-0.2, 0) is 54.3 Å². The van der Waals surface area contributed by atoms with Crippen LogP contribution in [0.15, 0.2) is 121 Å². The van der Waals surface area contributed by atoms with Gasteiger partial charge >= 0.3 is 18.2 Å². The van der Waals surface area contributed by atoms with Gasteiger partial charge in [0.05, 0.1) is 12.0 Å². The molecule has 484 valence electrons. The lowest BCUT2D eigenvalue weighted by atomic mass is 9.92. The van der Waals surface area contributed by atoms with Crippen LogP contribution in [0, 0.1) is 11.8 Å². The molecule has 4 aliphatic rings. The van der Waals surface area contributed by atoms with E-state index in [4.69, 9.17) is 14.6 Å². The number of carbonyl (C=O) groups is 6. The molecule has 4 N–H and O–H groups in total. The Morgan fingerprint density at radius 3 is 1.20 bits per heavy atom. The summed E-state index contributed by atoms with van der Waals surface area (Å²) in [4.78, 5) is 80.2. The molecule has 0 aromatic heterocycles. The molecule has 4 fully saturated rings. The number of carbonyl (C=O) groups excluding carboxylic acids is 5. The predicted molar refractivity (Wildman–Crippen MR) is 352 cm³/mol. The Morgan fingerprint density at radius 2 is 0.852 bits per heavy atom. The molecule has 0 radical (unpaired) electrons. The lowest BCUT2D eigenvalue weighted by Crippen LogP contribution is -2.56. The van der Waals surface area contributed by atoms with Crippen LogP contribution in [0.2, 0.25) is 0 Å². The maximum Gasteiger partial charge on any atom is 0.410 e. The molecule has 5 amide bonds. The van der Waals surface area contributed by atoms with Crippen LogP contribution in [0.3, 0.4) is 0 Å². The first kappa shape index (κ1) is 72.0. The third kappa shape index (κ3) is 26.9. The van der Waals surface area contributed by atoms with Gasteiger partial charge in [-0.15, -0.1) is 0 Å². The Bertz CT molecular complexity index is 2550. The van der Waals surface area contributed by atoms with Gasteiger partial charge in [0.2, 0.25) is 17.7 Å². The van der Waals surface area contributed by atoms with Crippen molar-refractivity contribution in [2.75, 3.05) is 39.3 Å². The molecule has 4 aromatic carbocycles. The highest BCUT2D eigenvalue weighted by atomic mass is 16.6. The average molecular weight is 1210 g/mol. The number of hydrogen-bond acceptors (Lipinski definition) is 9. The highest BCUT2D eigenvalue weighted by Crippen LogP contribution is 2.27. The van der Waals surface area contributed by atoms with Gasteiger partial charge < -0.3 is 45.2 Å². The Morgan fingerprint density at radius 1 is 0.489 bits per heavy atom. The lowest BCUT2D eigenvalue weighted by molar-refractivity contribution is -0.147. The van der Waals surface area contributed by atoms with E-state index in [1.807, 2.05) is 58.6 Å². The van der Waals surface area contributed by atoms with Gasteiger partial charge in [-0.25, -0.2) is 9.59 Å². The summed E-state index contributed by atoms with van der Waals surface area (Å²) in [6.07, 6.45) is 19.7. The topological polar surface area (TPSA) is 187 Å². The fraction of sp³-hybridized carbons (Fsp3) is 0.589. The van der Waals surface area contributed by atoms with Gasteiger partial charge in [0.25, 0.3) is 0 Å². The zero-order valence-corrected chi connectivity index (χ0v) is 53.4. The molecule has 4 heterocycles. The molecule has 15 heteroatoms. The number of nitrogens with zero attached hydrogens (tertiary/aromatic N) is 3. The first-order valence-corrected chi connectivity index (χ1v) is 32.8. The van der Waals surface area contributed by atoms with Crippen molar-refractivity contribution in [2.45, 2.75) is 226 Å². The molecule has 0 spiro atoms. The Hall–Kier alpha value is -6.74. The SMILES string of the molecule is C.CC(C)(C)OC(=O)N1CCC(C(=O)N2CCCCC2C(=O)NC(CCCc2ccccc2)CCCc2ccccc2)CC1.CC(C)(C)OC(=O)N1CCC(C(=O)O)CC1.O=C(NC(CCCc1ccccc1)CCCc1ccccc1)C1CCCCN1. The number of likely N-dealkylation sites (tertiary alicyclic amines) is 3. The molecule has 8 rings (SSSR count). The Kier molecular flexibility index (Phi) is 31.1. The van der Waals surface area contributed by atoms with Crippen LogP contribution in [0.25, 0.3) is 0 Å². The van der Waals surface area contributed by atoms with Crippen molar-refractivity contribution in [3.63, 3.8) is 0 Å². The molecule has 88 heavy (non-hydrogen) atoms. The van der Waals surface area contributed by atoms with Crippen molar-refractivity contribution in [1.29, 1.82) is 0 Å². The van der Waals surface area contributed by atoms with Crippen LogP contribution >= 0.6 is 0 Å². The lowest BCUT2D eigenvalue weighted by Gasteiger charge is -2.40. The van der Waals surface area contributed by atoms with Gasteiger partial charge in [-0.1, -0.05) is 135 Å². The maximum absolute atomic E-state index is 13.8. The highest BCUT2D eigenvalue weighted by molar-refractivity contribution is 5.89. The Balaban J connectivity index is 0.000000267. The third-order valence-corrected chi connectivity index (χ3v) is 16.8. The van der Waals surface area contributed by atoms with Crippen molar-refractivity contribution in [2.24, 2.45) is 11.8 Å². The number of amides is 5. The summed E-state index contributed by atoms with van der Waals surface area (Å²) < 4.78 is 10.7. The number of piperidine rings is 4. The fourth-order valence-electron chi connectivity index (χ4n) is 12.0. The van der Waals surface area contributed by atoms with Gasteiger partial charge in [-0.3, -0.25) is 19.2 Å². The number of ether oxygens (including phenoxy) is 2. The van der Waals surface area contributed by atoms with Crippen molar-refractivity contribution < 1.29 is 43.3 Å². The number of nitrogens with one attached hydrogen (secondary N) is 3. The van der Waals surface area contributed by atoms with E-state index in [1.54, 1.807) is 9.80 Å². The number of carboxylic acids is 1. The number of aryl methyl sites for hydroxylation is 4. The predicted octanol–water partition coefficient (Wildman–Crippen LogP) is 13.6. The number of benzene rings is 4. The van der Waals surface area contributed by atoms with Gasteiger partial charge in [0.15, 0.2) is 0 Å². The number of hydrogen-bond donors (Lipinski definition) is 4. The number of carboxylic acid groups (broad SMARTS) is 1. The standard InChI is InChI=1S/C36H51N3O4.C25H34N2O.C11H19NO4.CH4/c1-36(2,3)43-35(42)38-26-23-30(24-27-38)34(41)39-25-11-10-22-32(39)33(40)37-31(20-12-18-28-14-6-4-7-15-28)21-13-19-29-16-8-5-9-17-29;28-25(24-19-7-8-20-26-24)27-23(17-9-15-21-11-3-1-4-12-21)18-10-16-22-13-5-2-6-14-22;1-11(2,3)16-10(15)12-6-4-8(5-7-12)9(13)14;/h4-9,14-17,30-32H,10-13,18-27H2,1-3H3,(H,37,40);1-6,11-14,23-24,26H,7-10,15-20H2,(H,27,28);8H,4-7H2,1-3H3,(H,13,14);1H4. The first-order valence-electron chi connectivity index (χ1n) is 32.8. The van der Waals surface area contributed by atoms with E-state index >= 15 is 0 Å². The van der Waals surface area contributed by atoms with E-state index in [0.29, 0.717) is 64.8 Å². The van der Waals surface area contributed by atoms with E-state index in [1.165, 1.54) is 28.7 Å². The maximum atomic E-state index is 13.8. The number of rotatable bonds is 22.